The molecule has 20 heavy (non-hydrogen) atoms. The Hall–Kier alpha value is -1.64. The molecule has 2 atom stereocenters. The fourth-order valence-electron chi connectivity index (χ4n) is 2.74. The standard InChI is InChI=1S/C17H24N2O/c1-11(2)8-14-15(17(14,4)5)16(20)19-10-13-7-6-12(3)9-18-13/h6-9,14-15H,10H2,1-5H3,(H,19,20). The van der Waals surface area contributed by atoms with Crippen molar-refractivity contribution < 1.29 is 4.79 Å². The lowest BCUT2D eigenvalue weighted by atomic mass is 10.1. The molecule has 1 aromatic rings. The number of pyridine rings is 1. The first-order chi connectivity index (χ1) is 9.32. The monoisotopic (exact) mass is 272 g/mol. The van der Waals surface area contributed by atoms with E-state index in [2.05, 4.69) is 44.1 Å². The van der Waals surface area contributed by atoms with Crippen molar-refractivity contribution in [2.75, 3.05) is 0 Å². The van der Waals surface area contributed by atoms with E-state index in [0.717, 1.165) is 11.3 Å². The van der Waals surface area contributed by atoms with Gasteiger partial charge in [0.2, 0.25) is 5.91 Å². The summed E-state index contributed by atoms with van der Waals surface area (Å²) in [6.45, 7) is 11.0. The molecule has 1 saturated carbocycles. The number of rotatable bonds is 4. The molecule has 0 aromatic carbocycles. The van der Waals surface area contributed by atoms with E-state index < -0.39 is 0 Å². The van der Waals surface area contributed by atoms with E-state index in [-0.39, 0.29) is 17.2 Å². The van der Waals surface area contributed by atoms with Crippen molar-refractivity contribution in [1.82, 2.24) is 10.3 Å². The van der Waals surface area contributed by atoms with Crippen LogP contribution in [0, 0.1) is 24.2 Å². The fourth-order valence-corrected chi connectivity index (χ4v) is 2.74. The van der Waals surface area contributed by atoms with Crippen molar-refractivity contribution in [3.05, 3.63) is 41.2 Å². The lowest BCUT2D eigenvalue weighted by molar-refractivity contribution is -0.123. The predicted octanol–water partition coefficient (Wildman–Crippen LogP) is 3.24. The number of nitrogens with one attached hydrogen (secondary N) is 1. The summed E-state index contributed by atoms with van der Waals surface area (Å²) in [6, 6.07) is 3.97. The van der Waals surface area contributed by atoms with Gasteiger partial charge in [0.05, 0.1) is 18.2 Å². The number of hydrogen-bond acceptors (Lipinski definition) is 2. The Morgan fingerprint density at radius 3 is 2.65 bits per heavy atom. The van der Waals surface area contributed by atoms with Crippen LogP contribution in [0.3, 0.4) is 0 Å². The van der Waals surface area contributed by atoms with Crippen LogP contribution in [0.5, 0.6) is 0 Å². The highest BCUT2D eigenvalue weighted by Crippen LogP contribution is 2.59. The molecular formula is C17H24N2O. The van der Waals surface area contributed by atoms with Gasteiger partial charge in [-0.2, -0.15) is 0 Å². The molecule has 1 aliphatic rings. The van der Waals surface area contributed by atoms with Crippen molar-refractivity contribution in [3.8, 4) is 0 Å². The minimum absolute atomic E-state index is 0.0715. The van der Waals surface area contributed by atoms with E-state index in [1.54, 1.807) is 0 Å². The van der Waals surface area contributed by atoms with Crippen LogP contribution in [0.25, 0.3) is 0 Å². The highest BCUT2D eigenvalue weighted by Gasteiger charge is 2.60. The zero-order valence-electron chi connectivity index (χ0n) is 13.0. The van der Waals surface area contributed by atoms with Crippen LogP contribution in [0.2, 0.25) is 0 Å². The Morgan fingerprint density at radius 2 is 2.10 bits per heavy atom. The first kappa shape index (κ1) is 14.8. The van der Waals surface area contributed by atoms with E-state index in [0.29, 0.717) is 12.5 Å². The average Bonchev–Trinajstić information content (AvgIpc) is 2.89. The highest BCUT2D eigenvalue weighted by atomic mass is 16.2. The molecule has 2 rings (SSSR count). The normalized spacial score (nSPS) is 23.1. The zero-order chi connectivity index (χ0) is 14.9. The van der Waals surface area contributed by atoms with E-state index in [1.165, 1.54) is 5.57 Å². The first-order valence-electron chi connectivity index (χ1n) is 7.16. The smallest absolute Gasteiger partial charge is 0.224 e. The van der Waals surface area contributed by atoms with Gasteiger partial charge in [-0.15, -0.1) is 0 Å². The minimum atomic E-state index is 0.0715. The van der Waals surface area contributed by atoms with Gasteiger partial charge >= 0.3 is 0 Å². The van der Waals surface area contributed by atoms with Crippen molar-refractivity contribution in [1.29, 1.82) is 0 Å². The fraction of sp³-hybridized carbons (Fsp3) is 0.529. The summed E-state index contributed by atoms with van der Waals surface area (Å²) in [5.74, 6) is 0.584. The van der Waals surface area contributed by atoms with Crippen LogP contribution in [-0.2, 0) is 11.3 Å². The highest BCUT2D eigenvalue weighted by molar-refractivity contribution is 5.83. The number of carbonyl (C=O) groups is 1. The van der Waals surface area contributed by atoms with Gasteiger partial charge in [0.1, 0.15) is 0 Å². The number of carbonyl (C=O) groups excluding carboxylic acids is 1. The molecule has 1 amide bonds. The Balaban J connectivity index is 1.93. The van der Waals surface area contributed by atoms with Gasteiger partial charge in [0.25, 0.3) is 0 Å². The van der Waals surface area contributed by atoms with Gasteiger partial charge < -0.3 is 5.32 Å². The maximum Gasteiger partial charge on any atom is 0.224 e. The Morgan fingerprint density at radius 1 is 1.40 bits per heavy atom. The van der Waals surface area contributed by atoms with Crippen molar-refractivity contribution >= 4 is 5.91 Å². The molecule has 3 heteroatoms. The third-order valence-electron chi connectivity index (χ3n) is 4.12. The molecule has 2 unspecified atom stereocenters. The first-order valence-corrected chi connectivity index (χ1v) is 7.16. The molecule has 3 nitrogen and oxygen atoms in total. The third-order valence-corrected chi connectivity index (χ3v) is 4.12. The second-order valence-corrected chi connectivity index (χ2v) is 6.61. The quantitative estimate of drug-likeness (QED) is 0.855. The van der Waals surface area contributed by atoms with Crippen molar-refractivity contribution in [2.24, 2.45) is 17.3 Å². The Bertz CT molecular complexity index is 524. The van der Waals surface area contributed by atoms with Gasteiger partial charge in [-0.3, -0.25) is 9.78 Å². The van der Waals surface area contributed by atoms with Crippen LogP contribution >= 0.6 is 0 Å². The SMILES string of the molecule is CC(C)=CC1C(C(=O)NCc2ccc(C)cn2)C1(C)C. The lowest BCUT2D eigenvalue weighted by Crippen LogP contribution is -2.26. The van der Waals surface area contributed by atoms with Gasteiger partial charge in [-0.05, 0) is 43.7 Å². The Kier molecular flexibility index (Phi) is 3.98. The summed E-state index contributed by atoms with van der Waals surface area (Å²) in [7, 11) is 0. The second kappa shape index (κ2) is 5.39. The zero-order valence-corrected chi connectivity index (χ0v) is 13.0. The van der Waals surface area contributed by atoms with Crippen molar-refractivity contribution in [2.45, 2.75) is 41.2 Å². The number of amides is 1. The average molecular weight is 272 g/mol. The number of hydrogen-bond donors (Lipinski definition) is 1. The van der Waals surface area contributed by atoms with E-state index >= 15 is 0 Å². The Labute approximate surface area is 121 Å². The van der Waals surface area contributed by atoms with Gasteiger partial charge in [0, 0.05) is 6.20 Å². The number of aromatic nitrogens is 1. The predicted molar refractivity (Wildman–Crippen MR) is 81.0 cm³/mol. The van der Waals surface area contributed by atoms with Gasteiger partial charge in [-0.1, -0.05) is 31.6 Å². The summed E-state index contributed by atoms with van der Waals surface area (Å²) in [6.07, 6.45) is 4.04. The van der Waals surface area contributed by atoms with Crippen molar-refractivity contribution in [3.63, 3.8) is 0 Å². The molecule has 0 saturated heterocycles. The number of aryl methyl sites for hydroxylation is 1. The van der Waals surface area contributed by atoms with Crippen LogP contribution < -0.4 is 5.32 Å². The van der Waals surface area contributed by atoms with Crippen LogP contribution in [0.15, 0.2) is 30.0 Å². The molecule has 1 fully saturated rings. The van der Waals surface area contributed by atoms with Gasteiger partial charge in [0.15, 0.2) is 0 Å². The van der Waals surface area contributed by atoms with E-state index in [1.807, 2.05) is 25.3 Å². The molecule has 108 valence electrons. The maximum absolute atomic E-state index is 12.3. The third kappa shape index (κ3) is 3.09. The van der Waals surface area contributed by atoms with Gasteiger partial charge in [-0.25, -0.2) is 0 Å². The molecule has 0 bridgehead atoms. The molecule has 1 aliphatic carbocycles. The summed E-state index contributed by atoms with van der Waals surface area (Å²) >= 11 is 0. The molecule has 0 spiro atoms. The lowest BCUT2D eigenvalue weighted by Gasteiger charge is -2.06. The molecule has 0 radical (unpaired) electrons. The molecule has 1 N–H and O–H groups in total. The largest absolute Gasteiger partial charge is 0.350 e. The maximum atomic E-state index is 12.3. The number of allylic oxidation sites excluding steroid dienone is 2. The molecular weight excluding hydrogens is 248 g/mol. The summed E-state index contributed by atoms with van der Waals surface area (Å²) in [4.78, 5) is 16.6. The molecule has 0 aliphatic heterocycles. The van der Waals surface area contributed by atoms with Crippen LogP contribution in [-0.4, -0.2) is 10.9 Å². The summed E-state index contributed by atoms with van der Waals surface area (Å²) < 4.78 is 0. The van der Waals surface area contributed by atoms with E-state index in [9.17, 15) is 4.79 Å². The summed E-state index contributed by atoms with van der Waals surface area (Å²) in [5, 5.41) is 3.01. The van der Waals surface area contributed by atoms with Crippen LogP contribution in [0.1, 0.15) is 39.0 Å². The van der Waals surface area contributed by atoms with E-state index in [4.69, 9.17) is 0 Å². The minimum Gasteiger partial charge on any atom is -0.350 e. The topological polar surface area (TPSA) is 42.0 Å². The van der Waals surface area contributed by atoms with Crippen LogP contribution in [0.4, 0.5) is 0 Å². The molecule has 1 aromatic heterocycles. The number of nitrogens with zero attached hydrogens (tertiary/aromatic N) is 1. The molecule has 1 heterocycles. The second-order valence-electron chi connectivity index (χ2n) is 6.61. The summed E-state index contributed by atoms with van der Waals surface area (Å²) in [5.41, 5.74) is 3.38.